The van der Waals surface area contributed by atoms with Gasteiger partial charge in [0.2, 0.25) is 11.4 Å². The van der Waals surface area contributed by atoms with Crippen LogP contribution in [-0.4, -0.2) is 46.8 Å². The van der Waals surface area contributed by atoms with Gasteiger partial charge in [-0.1, -0.05) is 31.9 Å². The van der Waals surface area contributed by atoms with Crippen molar-refractivity contribution in [3.63, 3.8) is 0 Å². The molecule has 0 fully saturated rings. The summed E-state index contributed by atoms with van der Waals surface area (Å²) in [5, 5.41) is 2.88. The van der Waals surface area contributed by atoms with Crippen LogP contribution in [0.1, 0.15) is 27.2 Å². The van der Waals surface area contributed by atoms with Gasteiger partial charge in [0.05, 0.1) is 13.2 Å². The Morgan fingerprint density at radius 3 is 1.90 bits per heavy atom. The molecule has 0 bridgehead atoms. The van der Waals surface area contributed by atoms with Gasteiger partial charge in [0.15, 0.2) is 0 Å². The van der Waals surface area contributed by atoms with Crippen LogP contribution in [0.2, 0.25) is 0 Å². The molecule has 0 unspecified atom stereocenters. The molecule has 0 aliphatic carbocycles. The Labute approximate surface area is 135 Å². The van der Waals surface area contributed by atoms with E-state index in [1.807, 2.05) is 0 Å². The molecule has 1 N–H and O–H groups in total. The first kappa shape index (κ1) is 19.4. The third-order valence-corrected chi connectivity index (χ3v) is 4.63. The summed E-state index contributed by atoms with van der Waals surface area (Å²) >= 11 is 6.57. The van der Waals surface area contributed by atoms with Crippen LogP contribution in [0.25, 0.3) is 0 Å². The maximum atomic E-state index is 12.2. The monoisotopic (exact) mass is 415 g/mol. The molecule has 0 aromatic carbocycles. The topological polar surface area (TPSA) is 81.7 Å². The van der Waals surface area contributed by atoms with Gasteiger partial charge in [0, 0.05) is 23.5 Å². The van der Waals surface area contributed by atoms with Crippen molar-refractivity contribution >= 4 is 49.7 Å². The highest BCUT2D eigenvalue weighted by molar-refractivity contribution is 9.12. The Morgan fingerprint density at radius 1 is 1.15 bits per heavy atom. The number of halogens is 2. The maximum absolute atomic E-state index is 12.2. The molecule has 6 nitrogen and oxygen atoms in total. The van der Waals surface area contributed by atoms with Crippen LogP contribution in [0.3, 0.4) is 0 Å². The number of nitrogens with one attached hydrogen (secondary N) is 1. The van der Waals surface area contributed by atoms with Crippen molar-refractivity contribution in [1.29, 1.82) is 0 Å². The average molecular weight is 417 g/mol. The molecule has 1 atom stereocenters. The van der Waals surface area contributed by atoms with Crippen molar-refractivity contribution in [3.05, 3.63) is 0 Å². The summed E-state index contributed by atoms with van der Waals surface area (Å²) in [4.78, 5) is 35.6. The van der Waals surface area contributed by atoms with Crippen molar-refractivity contribution < 1.29 is 23.9 Å². The average Bonchev–Trinajstić information content (AvgIpc) is 2.37. The first-order chi connectivity index (χ1) is 9.33. The second kappa shape index (κ2) is 9.33. The third-order valence-electron chi connectivity index (χ3n) is 2.33. The lowest BCUT2D eigenvalue weighted by Gasteiger charge is -2.30. The van der Waals surface area contributed by atoms with E-state index in [4.69, 9.17) is 9.47 Å². The van der Waals surface area contributed by atoms with Gasteiger partial charge in [-0.15, -0.1) is 0 Å². The van der Waals surface area contributed by atoms with E-state index in [1.165, 1.54) is 6.92 Å². The lowest BCUT2D eigenvalue weighted by Crippen LogP contribution is -2.62. The fraction of sp³-hybridized carbons (Fsp3) is 0.750. The lowest BCUT2D eigenvalue weighted by atomic mass is 9.93. The third kappa shape index (κ3) is 5.40. The van der Waals surface area contributed by atoms with Crippen molar-refractivity contribution in [2.24, 2.45) is 0 Å². The van der Waals surface area contributed by atoms with Crippen molar-refractivity contribution in [2.45, 2.75) is 37.6 Å². The minimum Gasteiger partial charge on any atom is -0.464 e. The minimum atomic E-state index is -1.83. The Kier molecular flexibility index (Phi) is 9.04. The van der Waals surface area contributed by atoms with Crippen LogP contribution < -0.4 is 5.32 Å². The molecule has 0 aliphatic heterocycles. The van der Waals surface area contributed by atoms with E-state index < -0.39 is 23.4 Å². The molecule has 0 radical (unpaired) electrons. The van der Waals surface area contributed by atoms with Gasteiger partial charge in [-0.2, -0.15) is 0 Å². The van der Waals surface area contributed by atoms with Crippen molar-refractivity contribution in [2.75, 3.05) is 18.5 Å². The second-order valence-corrected chi connectivity index (χ2v) is 5.93. The minimum absolute atomic E-state index is 0.0233. The number of esters is 2. The molecule has 116 valence electrons. The Balaban J connectivity index is 5.54. The smallest absolute Gasteiger partial charge is 0.343 e. The van der Waals surface area contributed by atoms with Crippen LogP contribution >= 0.6 is 31.9 Å². The number of hydrogen-bond donors (Lipinski definition) is 1. The fourth-order valence-corrected chi connectivity index (χ4v) is 2.31. The Hall–Kier alpha value is -0.630. The van der Waals surface area contributed by atoms with Gasteiger partial charge in [0.25, 0.3) is 0 Å². The van der Waals surface area contributed by atoms with Crippen molar-refractivity contribution in [3.8, 4) is 0 Å². The predicted octanol–water partition coefficient (Wildman–Crippen LogP) is 1.54. The number of hydrogen-bond acceptors (Lipinski definition) is 5. The van der Waals surface area contributed by atoms with Gasteiger partial charge >= 0.3 is 11.9 Å². The van der Waals surface area contributed by atoms with Crippen LogP contribution in [0.4, 0.5) is 0 Å². The second-order valence-electron chi connectivity index (χ2n) is 3.98. The fourth-order valence-electron chi connectivity index (χ4n) is 1.60. The summed E-state index contributed by atoms with van der Waals surface area (Å²) in [6, 6.07) is 0. The molecule has 8 heteroatoms. The summed E-state index contributed by atoms with van der Waals surface area (Å²) in [5.41, 5.74) is -1.83. The zero-order valence-corrected chi connectivity index (χ0v) is 14.9. The highest BCUT2D eigenvalue weighted by Gasteiger charge is 2.50. The van der Waals surface area contributed by atoms with E-state index in [-0.39, 0.29) is 24.5 Å². The van der Waals surface area contributed by atoms with E-state index in [0.29, 0.717) is 5.33 Å². The van der Waals surface area contributed by atoms with E-state index in [1.54, 1.807) is 13.8 Å². The molecular formula is C12H19Br2NO5. The molecular weight excluding hydrogens is 398 g/mol. The SMILES string of the molecule is CCOC(=O)C(C[C@H](Br)CBr)(NC(C)=O)C(=O)OCC. The number of ether oxygens (including phenoxy) is 2. The van der Waals surface area contributed by atoms with Crippen LogP contribution in [0.5, 0.6) is 0 Å². The molecule has 0 saturated heterocycles. The number of carbonyl (C=O) groups excluding carboxylic acids is 3. The molecule has 0 aromatic heterocycles. The summed E-state index contributed by atoms with van der Waals surface area (Å²) in [6.07, 6.45) is 0.0233. The molecule has 20 heavy (non-hydrogen) atoms. The Morgan fingerprint density at radius 2 is 1.60 bits per heavy atom. The quantitative estimate of drug-likeness (QED) is 0.368. The van der Waals surface area contributed by atoms with Gasteiger partial charge in [-0.25, -0.2) is 9.59 Å². The summed E-state index contributed by atoms with van der Waals surface area (Å²) < 4.78 is 9.86. The van der Waals surface area contributed by atoms with Gasteiger partial charge in [0.1, 0.15) is 0 Å². The molecule has 1 amide bonds. The normalized spacial score (nSPS) is 12.4. The zero-order valence-electron chi connectivity index (χ0n) is 11.7. The number of alkyl halides is 2. The van der Waals surface area contributed by atoms with Crippen LogP contribution in [0.15, 0.2) is 0 Å². The van der Waals surface area contributed by atoms with E-state index in [2.05, 4.69) is 37.2 Å². The van der Waals surface area contributed by atoms with Crippen LogP contribution in [-0.2, 0) is 23.9 Å². The largest absolute Gasteiger partial charge is 0.464 e. The van der Waals surface area contributed by atoms with Gasteiger partial charge in [-0.05, 0) is 13.8 Å². The Bertz CT molecular complexity index is 344. The van der Waals surface area contributed by atoms with Crippen LogP contribution in [0, 0.1) is 0 Å². The number of amides is 1. The number of rotatable bonds is 8. The lowest BCUT2D eigenvalue weighted by molar-refractivity contribution is -0.168. The zero-order chi connectivity index (χ0) is 15.8. The van der Waals surface area contributed by atoms with Gasteiger partial charge in [-0.3, -0.25) is 4.79 Å². The molecule has 0 spiro atoms. The number of carbonyl (C=O) groups is 3. The highest BCUT2D eigenvalue weighted by Crippen LogP contribution is 2.23. The summed E-state index contributed by atoms with van der Waals surface area (Å²) in [7, 11) is 0. The maximum Gasteiger partial charge on any atom is 0.343 e. The summed E-state index contributed by atoms with van der Waals surface area (Å²) in [5.74, 6) is -2.15. The summed E-state index contributed by atoms with van der Waals surface area (Å²) in [6.45, 7) is 4.67. The molecule has 0 saturated carbocycles. The van der Waals surface area contributed by atoms with Crippen molar-refractivity contribution in [1.82, 2.24) is 5.32 Å². The van der Waals surface area contributed by atoms with E-state index in [0.717, 1.165) is 0 Å². The predicted molar refractivity (Wildman–Crippen MR) is 80.9 cm³/mol. The molecule has 0 aliphatic rings. The molecule has 0 aromatic rings. The first-order valence-corrected chi connectivity index (χ1v) is 8.20. The van der Waals surface area contributed by atoms with E-state index in [9.17, 15) is 14.4 Å². The van der Waals surface area contributed by atoms with E-state index >= 15 is 0 Å². The molecule has 0 heterocycles. The first-order valence-electron chi connectivity index (χ1n) is 6.17. The van der Waals surface area contributed by atoms with Gasteiger partial charge < -0.3 is 14.8 Å². The standard InChI is InChI=1S/C12H19Br2NO5/c1-4-19-10(17)12(15-8(3)16,6-9(14)7-13)11(18)20-5-2/h9H,4-7H2,1-3H3,(H,15,16)/t9-/m0/s1. The molecule has 0 rings (SSSR count). The highest BCUT2D eigenvalue weighted by atomic mass is 79.9.